The molecule has 2 aromatic carbocycles. The summed E-state index contributed by atoms with van der Waals surface area (Å²) in [5, 5.41) is 0. The highest BCUT2D eigenvalue weighted by atomic mass is 16.2. The fraction of sp³-hybridized carbons (Fsp3) is 0.167. The molecule has 0 radical (unpaired) electrons. The lowest BCUT2D eigenvalue weighted by Gasteiger charge is -2.17. The van der Waals surface area contributed by atoms with E-state index in [1.165, 1.54) is 43.0 Å². The van der Waals surface area contributed by atoms with Gasteiger partial charge in [-0.2, -0.15) is 0 Å². The van der Waals surface area contributed by atoms with E-state index in [4.69, 9.17) is 0 Å². The van der Waals surface area contributed by atoms with E-state index in [1.807, 2.05) is 12.1 Å². The van der Waals surface area contributed by atoms with Crippen LogP contribution in [0.25, 0.3) is 11.4 Å². The molecule has 8 heteroatoms. The SMILES string of the molecule is O=c1ccc(=O)n(-c2ccccc2)n1CCCCn1c(=O)ccc(=O)n1-c1ccccc1. The molecule has 4 rings (SSSR count). The Hall–Kier alpha value is -4.20. The Morgan fingerprint density at radius 2 is 0.781 bits per heavy atom. The highest BCUT2D eigenvalue weighted by Crippen LogP contribution is 2.06. The van der Waals surface area contributed by atoms with Gasteiger partial charge in [0.15, 0.2) is 0 Å². The van der Waals surface area contributed by atoms with Crippen LogP contribution in [0.3, 0.4) is 0 Å². The first-order valence-electron chi connectivity index (χ1n) is 10.3. The molecular formula is C24H22N4O4. The summed E-state index contributed by atoms with van der Waals surface area (Å²) >= 11 is 0. The second-order valence-corrected chi connectivity index (χ2v) is 7.27. The number of para-hydroxylation sites is 2. The summed E-state index contributed by atoms with van der Waals surface area (Å²) in [4.78, 5) is 49.8. The maximum atomic E-state index is 12.5. The number of hydrogen-bond acceptors (Lipinski definition) is 4. The van der Waals surface area contributed by atoms with Crippen LogP contribution in [0.15, 0.2) is 104 Å². The maximum Gasteiger partial charge on any atom is 0.270 e. The van der Waals surface area contributed by atoms with Crippen LogP contribution < -0.4 is 22.2 Å². The molecule has 0 atom stereocenters. The zero-order valence-electron chi connectivity index (χ0n) is 17.3. The van der Waals surface area contributed by atoms with E-state index in [9.17, 15) is 19.2 Å². The van der Waals surface area contributed by atoms with Crippen molar-refractivity contribution in [2.75, 3.05) is 0 Å². The minimum atomic E-state index is -0.298. The summed E-state index contributed by atoms with van der Waals surface area (Å²) in [5.74, 6) is 0. The van der Waals surface area contributed by atoms with Gasteiger partial charge in [0.25, 0.3) is 22.2 Å². The van der Waals surface area contributed by atoms with Crippen molar-refractivity contribution in [1.82, 2.24) is 18.7 Å². The van der Waals surface area contributed by atoms with Crippen molar-refractivity contribution in [3.63, 3.8) is 0 Å². The Kier molecular flexibility index (Phi) is 6.12. The highest BCUT2D eigenvalue weighted by Gasteiger charge is 2.10. The molecule has 2 heterocycles. The second-order valence-electron chi connectivity index (χ2n) is 7.27. The standard InChI is InChI=1S/C24H22N4O4/c29-21-13-15-23(31)27(19-9-3-1-4-10-19)25(21)17-7-8-18-26-22(30)14-16-24(32)28(26)20-11-5-2-6-12-20/h1-6,9-16H,7-8,17-18H2. The number of aromatic nitrogens is 4. The third-order valence-corrected chi connectivity index (χ3v) is 5.14. The van der Waals surface area contributed by atoms with Gasteiger partial charge in [-0.1, -0.05) is 36.4 Å². The van der Waals surface area contributed by atoms with Crippen molar-refractivity contribution in [1.29, 1.82) is 0 Å². The molecule has 2 aromatic heterocycles. The normalized spacial score (nSPS) is 10.9. The number of nitrogens with zero attached hydrogens (tertiary/aromatic N) is 4. The van der Waals surface area contributed by atoms with E-state index >= 15 is 0 Å². The highest BCUT2D eigenvalue weighted by molar-refractivity contribution is 5.30. The van der Waals surface area contributed by atoms with Gasteiger partial charge < -0.3 is 0 Å². The Labute approximate surface area is 182 Å². The van der Waals surface area contributed by atoms with Gasteiger partial charge in [-0.3, -0.25) is 19.2 Å². The largest absolute Gasteiger partial charge is 0.270 e. The summed E-state index contributed by atoms with van der Waals surface area (Å²) in [5.41, 5.74) is 0.0406. The smallest absolute Gasteiger partial charge is 0.268 e. The Balaban J connectivity index is 1.57. The van der Waals surface area contributed by atoms with E-state index in [0.717, 1.165) is 0 Å². The van der Waals surface area contributed by atoms with Gasteiger partial charge in [-0.25, -0.2) is 18.7 Å². The van der Waals surface area contributed by atoms with Crippen LogP contribution >= 0.6 is 0 Å². The number of rotatable bonds is 7. The van der Waals surface area contributed by atoms with Crippen LogP contribution in [0.1, 0.15) is 12.8 Å². The van der Waals surface area contributed by atoms with Gasteiger partial charge in [0.1, 0.15) is 0 Å². The average Bonchev–Trinajstić information content (AvgIpc) is 2.82. The zero-order chi connectivity index (χ0) is 22.5. The molecule has 0 amide bonds. The number of benzene rings is 2. The predicted octanol–water partition coefficient (Wildman–Crippen LogP) is 1.79. The van der Waals surface area contributed by atoms with Gasteiger partial charge in [-0.15, -0.1) is 0 Å². The van der Waals surface area contributed by atoms with Gasteiger partial charge in [0, 0.05) is 37.4 Å². The molecule has 0 aliphatic carbocycles. The summed E-state index contributed by atoms with van der Waals surface area (Å²) in [6.07, 6.45) is 1.06. The fourth-order valence-corrected chi connectivity index (χ4v) is 3.65. The molecule has 0 saturated carbocycles. The van der Waals surface area contributed by atoms with Crippen molar-refractivity contribution >= 4 is 0 Å². The lowest BCUT2D eigenvalue weighted by molar-refractivity contribution is 0.429. The van der Waals surface area contributed by atoms with Crippen molar-refractivity contribution in [2.24, 2.45) is 0 Å². The van der Waals surface area contributed by atoms with Crippen molar-refractivity contribution in [2.45, 2.75) is 25.9 Å². The number of unbranched alkanes of at least 4 members (excludes halogenated alkanes) is 1. The van der Waals surface area contributed by atoms with Gasteiger partial charge in [-0.05, 0) is 37.1 Å². The first kappa shape index (κ1) is 21.0. The zero-order valence-corrected chi connectivity index (χ0v) is 17.3. The molecule has 0 fully saturated rings. The molecule has 0 unspecified atom stereocenters. The van der Waals surface area contributed by atoms with E-state index in [0.29, 0.717) is 37.3 Å². The molecule has 8 nitrogen and oxygen atoms in total. The van der Waals surface area contributed by atoms with Crippen LogP contribution in [-0.2, 0) is 13.1 Å². The molecular weight excluding hydrogens is 408 g/mol. The van der Waals surface area contributed by atoms with Crippen molar-refractivity contribution in [3.8, 4) is 11.4 Å². The first-order valence-corrected chi connectivity index (χ1v) is 10.3. The van der Waals surface area contributed by atoms with E-state index in [2.05, 4.69) is 0 Å². The van der Waals surface area contributed by atoms with Crippen LogP contribution in [-0.4, -0.2) is 18.7 Å². The van der Waals surface area contributed by atoms with Gasteiger partial charge in [0.05, 0.1) is 11.4 Å². The monoisotopic (exact) mass is 430 g/mol. The Bertz CT molecular complexity index is 1330. The van der Waals surface area contributed by atoms with Crippen molar-refractivity contribution < 1.29 is 0 Å². The molecule has 0 aliphatic heterocycles. The third kappa shape index (κ3) is 4.29. The Morgan fingerprint density at radius 3 is 1.16 bits per heavy atom. The number of hydrogen-bond donors (Lipinski definition) is 0. The summed E-state index contributed by atoms with van der Waals surface area (Å²) in [6.45, 7) is 0.585. The topological polar surface area (TPSA) is 88.0 Å². The lowest BCUT2D eigenvalue weighted by Crippen LogP contribution is -2.37. The molecule has 0 spiro atoms. The van der Waals surface area contributed by atoms with E-state index in [1.54, 1.807) is 48.5 Å². The molecule has 0 aliphatic rings. The second kappa shape index (κ2) is 9.30. The quantitative estimate of drug-likeness (QED) is 0.418. The third-order valence-electron chi connectivity index (χ3n) is 5.14. The first-order chi connectivity index (χ1) is 15.6. The van der Waals surface area contributed by atoms with Crippen molar-refractivity contribution in [3.05, 3.63) is 126 Å². The molecule has 162 valence electrons. The van der Waals surface area contributed by atoms with Crippen LogP contribution in [0.4, 0.5) is 0 Å². The summed E-state index contributed by atoms with van der Waals surface area (Å²) in [7, 11) is 0. The van der Waals surface area contributed by atoms with Crippen LogP contribution in [0.5, 0.6) is 0 Å². The maximum absolute atomic E-state index is 12.5. The Morgan fingerprint density at radius 1 is 0.438 bits per heavy atom. The average molecular weight is 430 g/mol. The predicted molar refractivity (Wildman–Crippen MR) is 122 cm³/mol. The molecule has 32 heavy (non-hydrogen) atoms. The summed E-state index contributed by atoms with van der Waals surface area (Å²) < 4.78 is 5.51. The molecule has 0 bridgehead atoms. The van der Waals surface area contributed by atoms with Crippen LogP contribution in [0.2, 0.25) is 0 Å². The van der Waals surface area contributed by atoms with Gasteiger partial charge in [0.2, 0.25) is 0 Å². The molecule has 4 aromatic rings. The molecule has 0 N–H and O–H groups in total. The van der Waals surface area contributed by atoms with Gasteiger partial charge >= 0.3 is 0 Å². The minimum Gasteiger partial charge on any atom is -0.268 e. The molecule has 0 saturated heterocycles. The van der Waals surface area contributed by atoms with E-state index < -0.39 is 0 Å². The van der Waals surface area contributed by atoms with E-state index in [-0.39, 0.29) is 22.2 Å². The fourth-order valence-electron chi connectivity index (χ4n) is 3.65. The minimum absolute atomic E-state index is 0.286. The lowest BCUT2D eigenvalue weighted by atomic mass is 10.3. The summed E-state index contributed by atoms with van der Waals surface area (Å²) in [6, 6.07) is 23.0. The van der Waals surface area contributed by atoms with Crippen LogP contribution in [0, 0.1) is 0 Å².